The summed E-state index contributed by atoms with van der Waals surface area (Å²) in [5, 5.41) is 10.8. The quantitative estimate of drug-likeness (QED) is 0.801. The molecule has 1 aromatic carbocycles. The van der Waals surface area contributed by atoms with Gasteiger partial charge >= 0.3 is 0 Å². The van der Waals surface area contributed by atoms with Gasteiger partial charge in [0.15, 0.2) is 0 Å². The Morgan fingerprint density at radius 1 is 1.21 bits per heavy atom. The highest BCUT2D eigenvalue weighted by Gasteiger charge is 2.22. The van der Waals surface area contributed by atoms with Gasteiger partial charge in [0.2, 0.25) is 0 Å². The molecule has 0 radical (unpaired) electrons. The first-order valence-corrected chi connectivity index (χ1v) is 8.15. The van der Waals surface area contributed by atoms with Crippen LogP contribution in [0.4, 0.5) is 10.1 Å². The first-order valence-electron chi connectivity index (χ1n) is 8.15. The molecule has 1 N–H and O–H groups in total. The number of H-pyrrole nitrogens is 1. The van der Waals surface area contributed by atoms with E-state index in [1.165, 1.54) is 0 Å². The number of aromatic amines is 1. The molecule has 0 unspecified atom stereocenters. The number of nitrogens with one attached hydrogen (secondary N) is 1. The minimum atomic E-state index is -0.177. The normalized spacial score (nSPS) is 15.8. The van der Waals surface area contributed by atoms with E-state index in [1.807, 2.05) is 16.8 Å². The summed E-state index contributed by atoms with van der Waals surface area (Å²) in [4.78, 5) is 6.11. The summed E-state index contributed by atoms with van der Waals surface area (Å²) >= 11 is 0. The molecule has 24 heavy (non-hydrogen) atoms. The van der Waals surface area contributed by atoms with Crippen molar-refractivity contribution in [3.63, 3.8) is 0 Å². The van der Waals surface area contributed by atoms with E-state index in [2.05, 4.69) is 25.2 Å². The van der Waals surface area contributed by atoms with Gasteiger partial charge in [0.25, 0.3) is 0 Å². The fourth-order valence-electron chi connectivity index (χ4n) is 3.30. The Labute approximate surface area is 139 Å². The molecule has 1 fully saturated rings. The van der Waals surface area contributed by atoms with Gasteiger partial charge in [0, 0.05) is 31.4 Å². The Balaban J connectivity index is 1.42. The van der Waals surface area contributed by atoms with E-state index in [-0.39, 0.29) is 5.82 Å². The molecular formula is C17H19FN6. The minimum Gasteiger partial charge on any atom is -0.369 e. The van der Waals surface area contributed by atoms with Crippen LogP contribution in [0.1, 0.15) is 12.8 Å². The van der Waals surface area contributed by atoms with E-state index in [4.69, 9.17) is 0 Å². The minimum absolute atomic E-state index is 0.177. The standard InChI is InChI=1S/C17H19FN6/c18-16-7-14(15-8-20-21-9-15)1-2-17(16)23-5-3-13(4-6-23)10-24-12-19-11-22-24/h1-2,7-9,11-13H,3-6,10H2,(H,20,21). The fourth-order valence-corrected chi connectivity index (χ4v) is 3.30. The van der Waals surface area contributed by atoms with Crippen molar-refractivity contribution in [2.24, 2.45) is 5.92 Å². The number of piperidine rings is 1. The lowest BCUT2D eigenvalue weighted by atomic mass is 9.96. The van der Waals surface area contributed by atoms with Crippen LogP contribution in [-0.2, 0) is 6.54 Å². The Bertz CT molecular complexity index is 776. The summed E-state index contributed by atoms with van der Waals surface area (Å²) < 4.78 is 16.4. The molecule has 4 rings (SSSR count). The number of aromatic nitrogens is 5. The Morgan fingerprint density at radius 2 is 2.08 bits per heavy atom. The number of rotatable bonds is 4. The molecule has 0 spiro atoms. The van der Waals surface area contributed by atoms with Crippen LogP contribution in [-0.4, -0.2) is 38.1 Å². The second kappa shape index (κ2) is 6.43. The second-order valence-corrected chi connectivity index (χ2v) is 6.20. The van der Waals surface area contributed by atoms with Gasteiger partial charge < -0.3 is 4.90 Å². The van der Waals surface area contributed by atoms with Crippen LogP contribution in [0.3, 0.4) is 0 Å². The van der Waals surface area contributed by atoms with E-state index in [0.29, 0.717) is 11.6 Å². The number of halogens is 1. The SMILES string of the molecule is Fc1cc(-c2cn[nH]c2)ccc1N1CCC(Cn2cncn2)CC1. The lowest BCUT2D eigenvalue weighted by molar-refractivity contribution is 0.341. The third-order valence-electron chi connectivity index (χ3n) is 4.65. The first kappa shape index (κ1) is 14.9. The van der Waals surface area contributed by atoms with Gasteiger partial charge in [-0.15, -0.1) is 0 Å². The first-order chi connectivity index (χ1) is 11.8. The van der Waals surface area contributed by atoms with E-state index in [9.17, 15) is 4.39 Å². The number of benzene rings is 1. The van der Waals surface area contributed by atoms with Crippen LogP contribution >= 0.6 is 0 Å². The van der Waals surface area contributed by atoms with E-state index in [0.717, 1.165) is 43.6 Å². The predicted molar refractivity (Wildman–Crippen MR) is 88.9 cm³/mol. The predicted octanol–water partition coefficient (Wildman–Crippen LogP) is 2.72. The van der Waals surface area contributed by atoms with E-state index in [1.54, 1.807) is 31.1 Å². The van der Waals surface area contributed by atoms with Crippen molar-refractivity contribution in [1.29, 1.82) is 0 Å². The molecule has 0 atom stereocenters. The number of hydrogen-bond acceptors (Lipinski definition) is 4. The Hall–Kier alpha value is -2.70. The van der Waals surface area contributed by atoms with Crippen molar-refractivity contribution in [1.82, 2.24) is 25.0 Å². The van der Waals surface area contributed by atoms with Crippen LogP contribution in [0.15, 0.2) is 43.2 Å². The maximum absolute atomic E-state index is 14.5. The highest BCUT2D eigenvalue weighted by atomic mass is 19.1. The van der Waals surface area contributed by atoms with Gasteiger partial charge in [-0.25, -0.2) is 9.37 Å². The van der Waals surface area contributed by atoms with Gasteiger partial charge in [-0.3, -0.25) is 9.78 Å². The molecule has 1 aliphatic rings. The molecule has 0 amide bonds. The highest BCUT2D eigenvalue weighted by molar-refractivity contribution is 5.65. The molecule has 3 heterocycles. The third-order valence-corrected chi connectivity index (χ3v) is 4.65. The highest BCUT2D eigenvalue weighted by Crippen LogP contribution is 2.29. The van der Waals surface area contributed by atoms with Crippen LogP contribution in [0.5, 0.6) is 0 Å². The molecule has 0 bridgehead atoms. The van der Waals surface area contributed by atoms with Gasteiger partial charge in [-0.05, 0) is 36.5 Å². The molecule has 0 saturated carbocycles. The van der Waals surface area contributed by atoms with Gasteiger partial charge in [-0.1, -0.05) is 6.07 Å². The molecule has 6 nitrogen and oxygen atoms in total. The maximum Gasteiger partial charge on any atom is 0.147 e. The Kier molecular flexibility index (Phi) is 3.98. The van der Waals surface area contributed by atoms with Crippen LogP contribution in [0.25, 0.3) is 11.1 Å². The fraction of sp³-hybridized carbons (Fsp3) is 0.353. The lowest BCUT2D eigenvalue weighted by Crippen LogP contribution is -2.35. The maximum atomic E-state index is 14.5. The average molecular weight is 326 g/mol. The van der Waals surface area contributed by atoms with E-state index < -0.39 is 0 Å². The molecule has 1 aliphatic heterocycles. The number of nitrogens with zero attached hydrogens (tertiary/aromatic N) is 5. The van der Waals surface area contributed by atoms with Crippen LogP contribution in [0, 0.1) is 11.7 Å². The van der Waals surface area contributed by atoms with Crippen molar-refractivity contribution in [3.8, 4) is 11.1 Å². The summed E-state index contributed by atoms with van der Waals surface area (Å²) in [6, 6.07) is 5.40. The summed E-state index contributed by atoms with van der Waals surface area (Å²) in [6.45, 7) is 2.61. The monoisotopic (exact) mass is 326 g/mol. The Morgan fingerprint density at radius 3 is 2.75 bits per heavy atom. The van der Waals surface area contributed by atoms with Gasteiger partial charge in [0.05, 0.1) is 11.9 Å². The van der Waals surface area contributed by atoms with Crippen LogP contribution in [0.2, 0.25) is 0 Å². The van der Waals surface area contributed by atoms with Crippen molar-refractivity contribution >= 4 is 5.69 Å². The molecule has 124 valence electrons. The molecule has 2 aromatic heterocycles. The summed E-state index contributed by atoms with van der Waals surface area (Å²) in [5.74, 6) is 0.389. The van der Waals surface area contributed by atoms with Gasteiger partial charge in [0.1, 0.15) is 18.5 Å². The van der Waals surface area contributed by atoms with Crippen molar-refractivity contribution < 1.29 is 4.39 Å². The second-order valence-electron chi connectivity index (χ2n) is 6.20. The summed E-state index contributed by atoms with van der Waals surface area (Å²) in [7, 11) is 0. The van der Waals surface area contributed by atoms with Crippen molar-refractivity contribution in [2.45, 2.75) is 19.4 Å². The largest absolute Gasteiger partial charge is 0.369 e. The smallest absolute Gasteiger partial charge is 0.147 e. The zero-order chi connectivity index (χ0) is 16.4. The van der Waals surface area contributed by atoms with E-state index >= 15 is 0 Å². The zero-order valence-electron chi connectivity index (χ0n) is 13.3. The molecule has 1 saturated heterocycles. The van der Waals surface area contributed by atoms with Crippen molar-refractivity contribution in [3.05, 3.63) is 49.1 Å². The van der Waals surface area contributed by atoms with Crippen LogP contribution < -0.4 is 4.90 Å². The molecule has 7 heteroatoms. The third kappa shape index (κ3) is 3.02. The average Bonchev–Trinajstić information content (AvgIpc) is 3.29. The molecular weight excluding hydrogens is 307 g/mol. The summed E-state index contributed by atoms with van der Waals surface area (Å²) in [6.07, 6.45) is 8.84. The number of hydrogen-bond donors (Lipinski definition) is 1. The lowest BCUT2D eigenvalue weighted by Gasteiger charge is -2.33. The molecule has 3 aromatic rings. The topological polar surface area (TPSA) is 62.6 Å². The van der Waals surface area contributed by atoms with Gasteiger partial charge in [-0.2, -0.15) is 10.2 Å². The zero-order valence-corrected chi connectivity index (χ0v) is 13.3. The summed E-state index contributed by atoms with van der Waals surface area (Å²) in [5.41, 5.74) is 2.42. The van der Waals surface area contributed by atoms with Crippen molar-refractivity contribution in [2.75, 3.05) is 18.0 Å². The number of anilines is 1. The molecule has 0 aliphatic carbocycles.